The van der Waals surface area contributed by atoms with Gasteiger partial charge in [-0.15, -0.1) is 0 Å². The predicted octanol–water partition coefficient (Wildman–Crippen LogP) is 11.0. The Bertz CT molecular complexity index is 2110. The molecule has 1 atom stereocenters. The van der Waals surface area contributed by atoms with Crippen LogP contribution in [0.3, 0.4) is 0 Å². The number of hydrogen-bond donors (Lipinski definition) is 0. The van der Waals surface area contributed by atoms with Crippen LogP contribution in [-0.2, 0) is 6.42 Å². The molecule has 1 aromatic heterocycles. The van der Waals surface area contributed by atoms with Crippen molar-refractivity contribution in [3.8, 4) is 0 Å². The van der Waals surface area contributed by atoms with E-state index in [4.69, 9.17) is 0 Å². The molecule has 1 aliphatic rings. The van der Waals surface area contributed by atoms with E-state index >= 15 is 0 Å². The fraction of sp³-hybridized carbons (Fsp3) is 0.231. The minimum atomic E-state index is 0.0927. The van der Waals surface area contributed by atoms with Crippen molar-refractivity contribution >= 4 is 54.7 Å². The summed E-state index contributed by atoms with van der Waals surface area (Å²) in [4.78, 5) is 2.58. The maximum Gasteiger partial charge on any atom is 0.108 e. The van der Waals surface area contributed by atoms with Crippen LogP contribution in [0.25, 0.3) is 43.4 Å². The summed E-state index contributed by atoms with van der Waals surface area (Å²) in [7, 11) is 0. The average Bonchev–Trinajstić information content (AvgIpc) is 3.25. The van der Waals surface area contributed by atoms with Gasteiger partial charge in [-0.2, -0.15) is 0 Å². The smallest absolute Gasteiger partial charge is 0.108 e. The Hall–Kier alpha value is -4.30. The number of benzene rings is 5. The standard InChI is InChI=1S/C39H38N2/c1-8-29-15-11-19-34(27(29)6)40-28(7)41-38-26(5)21-23(2)22-33(38)37-25(4)14-10-17-31(37)30-16-9-13-24(3)36(30)32-18-12-20-35(40)39(32)41/h9-22,28H,8H2,1-7H3/t28-/m1/s1. The van der Waals surface area contributed by atoms with Gasteiger partial charge in [0.1, 0.15) is 6.17 Å². The van der Waals surface area contributed by atoms with Crippen LogP contribution in [0.1, 0.15) is 53.4 Å². The van der Waals surface area contributed by atoms with E-state index in [1.165, 1.54) is 88.1 Å². The van der Waals surface area contributed by atoms with Crippen LogP contribution in [0.4, 0.5) is 11.4 Å². The van der Waals surface area contributed by atoms with Gasteiger partial charge in [-0.1, -0.05) is 79.2 Å². The molecule has 2 heteroatoms. The molecule has 0 radical (unpaired) electrons. The van der Waals surface area contributed by atoms with E-state index in [0.717, 1.165) is 6.42 Å². The van der Waals surface area contributed by atoms with E-state index in [0.29, 0.717) is 0 Å². The molecule has 2 heterocycles. The van der Waals surface area contributed by atoms with Crippen LogP contribution >= 0.6 is 0 Å². The fourth-order valence-corrected chi connectivity index (χ4v) is 7.60. The molecular formula is C39H38N2. The van der Waals surface area contributed by atoms with Crippen molar-refractivity contribution in [2.24, 2.45) is 0 Å². The topological polar surface area (TPSA) is 8.17 Å². The molecule has 0 aliphatic carbocycles. The van der Waals surface area contributed by atoms with E-state index in [2.05, 4.69) is 143 Å². The van der Waals surface area contributed by atoms with Crippen LogP contribution in [0.5, 0.6) is 0 Å². The third-order valence-corrected chi connectivity index (χ3v) is 9.38. The van der Waals surface area contributed by atoms with Crippen LogP contribution in [0.15, 0.2) is 84.9 Å². The van der Waals surface area contributed by atoms with Gasteiger partial charge < -0.3 is 9.47 Å². The van der Waals surface area contributed by atoms with Gasteiger partial charge in [0.15, 0.2) is 0 Å². The zero-order valence-electron chi connectivity index (χ0n) is 25.3. The van der Waals surface area contributed by atoms with Crippen molar-refractivity contribution in [3.63, 3.8) is 0 Å². The second kappa shape index (κ2) is 9.38. The van der Waals surface area contributed by atoms with E-state index in [-0.39, 0.29) is 6.17 Å². The van der Waals surface area contributed by atoms with Gasteiger partial charge in [0.05, 0.1) is 16.7 Å². The van der Waals surface area contributed by atoms with Crippen LogP contribution in [-0.4, -0.2) is 4.57 Å². The number of anilines is 2. The first kappa shape index (κ1) is 25.7. The zero-order valence-corrected chi connectivity index (χ0v) is 25.3. The monoisotopic (exact) mass is 534 g/mol. The molecule has 0 fully saturated rings. The molecular weight excluding hydrogens is 496 g/mol. The van der Waals surface area contributed by atoms with E-state index in [1.807, 2.05) is 0 Å². The quantitative estimate of drug-likeness (QED) is 0.214. The van der Waals surface area contributed by atoms with Gasteiger partial charge >= 0.3 is 0 Å². The molecule has 5 aromatic carbocycles. The Morgan fingerprint density at radius 2 is 1.17 bits per heavy atom. The molecule has 0 spiro atoms. The maximum atomic E-state index is 2.64. The molecule has 0 unspecified atom stereocenters. The number of fused-ring (bicyclic) bond motifs is 7. The van der Waals surface area contributed by atoms with Crippen molar-refractivity contribution in [3.05, 3.63) is 118 Å². The first-order chi connectivity index (χ1) is 19.8. The highest BCUT2D eigenvalue weighted by molar-refractivity contribution is 6.22. The Morgan fingerprint density at radius 3 is 1.85 bits per heavy atom. The molecule has 0 amide bonds. The third kappa shape index (κ3) is 3.63. The first-order valence-electron chi connectivity index (χ1n) is 14.9. The number of rotatable bonds is 2. The number of aryl methyl sites for hydroxylation is 5. The summed E-state index contributed by atoms with van der Waals surface area (Å²) in [5, 5.41) is 7.90. The Kier molecular flexibility index (Phi) is 5.87. The summed E-state index contributed by atoms with van der Waals surface area (Å²) in [5.74, 6) is 0. The molecule has 0 saturated carbocycles. The lowest BCUT2D eigenvalue weighted by molar-refractivity contribution is 0.615. The number of para-hydroxylation sites is 1. The van der Waals surface area contributed by atoms with Crippen LogP contribution < -0.4 is 4.90 Å². The second-order valence-corrected chi connectivity index (χ2v) is 11.9. The molecule has 0 N–H and O–H groups in total. The van der Waals surface area contributed by atoms with Crippen molar-refractivity contribution in [1.82, 2.24) is 4.57 Å². The molecule has 2 nitrogen and oxygen atoms in total. The van der Waals surface area contributed by atoms with Gasteiger partial charge in [0.2, 0.25) is 0 Å². The Morgan fingerprint density at radius 1 is 0.585 bits per heavy atom. The lowest BCUT2D eigenvalue weighted by atomic mass is 9.95. The molecule has 0 bridgehead atoms. The van der Waals surface area contributed by atoms with Crippen molar-refractivity contribution in [1.29, 1.82) is 0 Å². The Labute approximate surface area is 243 Å². The van der Waals surface area contributed by atoms with Gasteiger partial charge in [-0.25, -0.2) is 0 Å². The summed E-state index contributed by atoms with van der Waals surface area (Å²) in [6.45, 7) is 16.0. The molecule has 6 aromatic rings. The molecule has 7 rings (SSSR count). The van der Waals surface area contributed by atoms with Crippen LogP contribution in [0, 0.1) is 34.6 Å². The third-order valence-electron chi connectivity index (χ3n) is 9.38. The molecule has 41 heavy (non-hydrogen) atoms. The van der Waals surface area contributed by atoms with E-state index in [9.17, 15) is 0 Å². The van der Waals surface area contributed by atoms with Crippen LogP contribution in [0.2, 0.25) is 0 Å². The lowest BCUT2D eigenvalue weighted by Gasteiger charge is -2.29. The van der Waals surface area contributed by atoms with Gasteiger partial charge in [-0.3, -0.25) is 0 Å². The van der Waals surface area contributed by atoms with Crippen molar-refractivity contribution in [2.75, 3.05) is 4.90 Å². The van der Waals surface area contributed by atoms with Crippen molar-refractivity contribution < 1.29 is 0 Å². The molecule has 204 valence electrons. The minimum absolute atomic E-state index is 0.0927. The normalized spacial score (nSPS) is 14.5. The summed E-state index contributed by atoms with van der Waals surface area (Å²) in [6.07, 6.45) is 1.12. The van der Waals surface area contributed by atoms with Gasteiger partial charge in [0.25, 0.3) is 0 Å². The highest BCUT2D eigenvalue weighted by Crippen LogP contribution is 2.48. The summed E-state index contributed by atoms with van der Waals surface area (Å²) < 4.78 is 2.64. The van der Waals surface area contributed by atoms with E-state index in [1.54, 1.807) is 0 Å². The SMILES string of the molecule is CCc1cccc(N2c3cccc4c5c(C)cccc5c5cccc(C)c5c5cc(C)cc(C)c5n(c34)[C@@H]2C)c1C. The Balaban J connectivity index is 1.84. The number of aromatic nitrogens is 1. The predicted molar refractivity (Wildman–Crippen MR) is 178 cm³/mol. The largest absolute Gasteiger partial charge is 0.318 e. The first-order valence-corrected chi connectivity index (χ1v) is 14.9. The lowest BCUT2D eigenvalue weighted by Crippen LogP contribution is -2.21. The van der Waals surface area contributed by atoms with Crippen molar-refractivity contribution in [2.45, 2.75) is 61.1 Å². The number of hydrogen-bond acceptors (Lipinski definition) is 1. The van der Waals surface area contributed by atoms with E-state index < -0.39 is 0 Å². The van der Waals surface area contributed by atoms with Gasteiger partial charge in [-0.05, 0) is 116 Å². The summed E-state index contributed by atoms with van der Waals surface area (Å²) in [6, 6.07) is 32.1. The second-order valence-electron chi connectivity index (χ2n) is 11.9. The van der Waals surface area contributed by atoms with Gasteiger partial charge in [0, 0.05) is 16.5 Å². The summed E-state index contributed by atoms with van der Waals surface area (Å²) in [5.41, 5.74) is 13.2. The fourth-order valence-electron chi connectivity index (χ4n) is 7.60. The molecule has 1 aliphatic heterocycles. The maximum absolute atomic E-state index is 2.64. The summed E-state index contributed by atoms with van der Waals surface area (Å²) >= 11 is 0. The molecule has 0 saturated heterocycles. The average molecular weight is 535 g/mol. The highest BCUT2D eigenvalue weighted by atomic mass is 15.3. The minimum Gasteiger partial charge on any atom is -0.318 e. The highest BCUT2D eigenvalue weighted by Gasteiger charge is 2.31. The zero-order chi connectivity index (χ0) is 28.6. The number of nitrogens with zero attached hydrogens (tertiary/aromatic N) is 2.